The van der Waals surface area contributed by atoms with Crippen LogP contribution in [0.2, 0.25) is 10.0 Å². The van der Waals surface area contributed by atoms with Gasteiger partial charge in [-0.05, 0) is 30.3 Å². The Morgan fingerprint density at radius 2 is 1.39 bits per heavy atom. The van der Waals surface area contributed by atoms with Crippen molar-refractivity contribution in [2.75, 3.05) is 10.7 Å². The normalized spacial score (nSPS) is 11.1. The first-order valence-electron chi connectivity index (χ1n) is 8.52. The maximum Gasteiger partial charge on any atom is 0.176 e. The van der Waals surface area contributed by atoms with Crippen LogP contribution in [-0.2, 0) is 0 Å². The molecule has 0 aliphatic heterocycles. The van der Waals surface area contributed by atoms with E-state index in [1.165, 1.54) is 0 Å². The second-order valence-electron chi connectivity index (χ2n) is 5.97. The molecule has 0 fully saturated rings. The fourth-order valence-corrected chi connectivity index (χ4v) is 3.00. The summed E-state index contributed by atoms with van der Waals surface area (Å²) in [5.41, 5.74) is 4.64. The number of fused-ring (bicyclic) bond motifs is 1. The molecule has 4 aromatic rings. The summed E-state index contributed by atoms with van der Waals surface area (Å²) in [7, 11) is 0. The van der Waals surface area contributed by atoms with Gasteiger partial charge in [-0.3, -0.25) is 5.43 Å². The summed E-state index contributed by atoms with van der Waals surface area (Å²) in [5.74, 6) is 1.21. The van der Waals surface area contributed by atoms with Crippen LogP contribution in [0.4, 0.5) is 17.3 Å². The number of hydrogen-bond acceptors (Lipinski definition) is 5. The molecule has 138 valence electrons. The molecular formula is C21H15Cl2N5. The van der Waals surface area contributed by atoms with E-state index in [1.807, 2.05) is 72.8 Å². The van der Waals surface area contributed by atoms with E-state index >= 15 is 0 Å². The predicted molar refractivity (Wildman–Crippen MR) is 117 cm³/mol. The molecule has 0 spiro atoms. The summed E-state index contributed by atoms with van der Waals surface area (Å²) in [6, 6.07) is 22.7. The molecule has 5 nitrogen and oxygen atoms in total. The Morgan fingerprint density at radius 1 is 0.750 bits per heavy atom. The molecule has 1 aromatic heterocycles. The summed E-state index contributed by atoms with van der Waals surface area (Å²) in [5, 5.41) is 19.2. The van der Waals surface area contributed by atoms with Gasteiger partial charge in [-0.15, -0.1) is 10.2 Å². The van der Waals surface area contributed by atoms with Gasteiger partial charge in [0.25, 0.3) is 0 Å². The Hall–Kier alpha value is -3.15. The molecule has 0 amide bonds. The zero-order valence-corrected chi connectivity index (χ0v) is 16.1. The first-order chi connectivity index (χ1) is 13.7. The zero-order valence-electron chi connectivity index (χ0n) is 14.6. The van der Waals surface area contributed by atoms with E-state index < -0.39 is 0 Å². The van der Waals surface area contributed by atoms with Gasteiger partial charge < -0.3 is 5.32 Å². The lowest BCUT2D eigenvalue weighted by Crippen LogP contribution is -2.01. The fourth-order valence-electron chi connectivity index (χ4n) is 2.69. The molecule has 7 heteroatoms. The highest BCUT2D eigenvalue weighted by Crippen LogP contribution is 2.28. The number of anilines is 3. The molecule has 28 heavy (non-hydrogen) atoms. The maximum atomic E-state index is 6.15. The van der Waals surface area contributed by atoms with Crippen LogP contribution in [0.15, 0.2) is 77.9 Å². The highest BCUT2D eigenvalue weighted by molar-refractivity contribution is 6.33. The first kappa shape index (κ1) is 18.2. The summed E-state index contributed by atoms with van der Waals surface area (Å²) >= 11 is 12.1. The molecule has 2 N–H and O–H groups in total. The van der Waals surface area contributed by atoms with E-state index in [0.717, 1.165) is 22.0 Å². The molecule has 0 unspecified atom stereocenters. The quantitative estimate of drug-likeness (QED) is 0.308. The number of halogens is 2. The third-order valence-corrected chi connectivity index (χ3v) is 4.67. The average molecular weight is 408 g/mol. The molecule has 0 bridgehead atoms. The largest absolute Gasteiger partial charge is 0.338 e. The van der Waals surface area contributed by atoms with E-state index in [1.54, 1.807) is 6.21 Å². The van der Waals surface area contributed by atoms with Crippen LogP contribution < -0.4 is 10.7 Å². The Bertz CT molecular complexity index is 1140. The highest BCUT2D eigenvalue weighted by atomic mass is 35.5. The van der Waals surface area contributed by atoms with Crippen molar-refractivity contribution >= 4 is 57.5 Å². The third kappa shape index (κ3) is 4.06. The van der Waals surface area contributed by atoms with Crippen molar-refractivity contribution in [1.29, 1.82) is 0 Å². The van der Waals surface area contributed by atoms with Crippen LogP contribution in [0.1, 0.15) is 5.56 Å². The van der Waals surface area contributed by atoms with Crippen molar-refractivity contribution in [3.63, 3.8) is 0 Å². The van der Waals surface area contributed by atoms with Crippen LogP contribution in [0.5, 0.6) is 0 Å². The van der Waals surface area contributed by atoms with Gasteiger partial charge in [-0.2, -0.15) is 5.10 Å². The average Bonchev–Trinajstić information content (AvgIpc) is 2.72. The van der Waals surface area contributed by atoms with E-state index in [4.69, 9.17) is 23.2 Å². The molecule has 0 saturated carbocycles. The van der Waals surface area contributed by atoms with Crippen LogP contribution in [-0.4, -0.2) is 16.4 Å². The molecular weight excluding hydrogens is 393 g/mol. The lowest BCUT2D eigenvalue weighted by atomic mass is 10.1. The van der Waals surface area contributed by atoms with Gasteiger partial charge in [-0.1, -0.05) is 65.7 Å². The molecule has 0 radical (unpaired) electrons. The number of rotatable bonds is 5. The van der Waals surface area contributed by atoms with Crippen molar-refractivity contribution in [3.8, 4) is 0 Å². The van der Waals surface area contributed by atoms with E-state index in [0.29, 0.717) is 21.7 Å². The number of nitrogens with one attached hydrogen (secondary N) is 2. The van der Waals surface area contributed by atoms with Crippen LogP contribution in [0.3, 0.4) is 0 Å². The van der Waals surface area contributed by atoms with Crippen LogP contribution >= 0.6 is 23.2 Å². The third-order valence-electron chi connectivity index (χ3n) is 4.07. The number of nitrogens with zero attached hydrogens (tertiary/aromatic N) is 3. The summed E-state index contributed by atoms with van der Waals surface area (Å²) in [6.45, 7) is 0. The van der Waals surface area contributed by atoms with Gasteiger partial charge in [0.2, 0.25) is 0 Å². The van der Waals surface area contributed by atoms with Crippen molar-refractivity contribution in [2.24, 2.45) is 5.10 Å². The highest BCUT2D eigenvalue weighted by Gasteiger charge is 2.09. The Balaban J connectivity index is 1.62. The zero-order chi connectivity index (χ0) is 19.3. The number of hydrogen-bond donors (Lipinski definition) is 2. The van der Waals surface area contributed by atoms with Crippen LogP contribution in [0, 0.1) is 0 Å². The SMILES string of the molecule is Clc1ccc(Nc2nnc(N/N=C\c3ccccc3Cl)c3ccccc23)cc1. The van der Waals surface area contributed by atoms with Crippen molar-refractivity contribution in [1.82, 2.24) is 10.2 Å². The van der Waals surface area contributed by atoms with E-state index in [-0.39, 0.29) is 0 Å². The molecule has 0 aliphatic carbocycles. The van der Waals surface area contributed by atoms with Gasteiger partial charge >= 0.3 is 0 Å². The predicted octanol–water partition coefficient (Wildman–Crippen LogP) is 6.13. The molecule has 4 rings (SSSR count). The Labute approximate surface area is 172 Å². The summed E-state index contributed by atoms with van der Waals surface area (Å²) < 4.78 is 0. The number of hydrazone groups is 1. The van der Waals surface area contributed by atoms with E-state index in [2.05, 4.69) is 26.0 Å². The summed E-state index contributed by atoms with van der Waals surface area (Å²) in [4.78, 5) is 0. The second-order valence-corrected chi connectivity index (χ2v) is 6.81. The minimum atomic E-state index is 0.556. The van der Waals surface area contributed by atoms with Crippen LogP contribution in [0.25, 0.3) is 10.8 Å². The van der Waals surface area contributed by atoms with Gasteiger partial charge in [0.15, 0.2) is 11.6 Å². The smallest absolute Gasteiger partial charge is 0.176 e. The topological polar surface area (TPSA) is 62.2 Å². The minimum absolute atomic E-state index is 0.556. The fraction of sp³-hybridized carbons (Fsp3) is 0. The number of aromatic nitrogens is 2. The minimum Gasteiger partial charge on any atom is -0.338 e. The molecule has 0 atom stereocenters. The lowest BCUT2D eigenvalue weighted by molar-refractivity contribution is 1.04. The summed E-state index contributed by atoms with van der Waals surface area (Å²) in [6.07, 6.45) is 1.65. The molecule has 3 aromatic carbocycles. The molecule has 1 heterocycles. The Morgan fingerprint density at radius 3 is 2.14 bits per heavy atom. The van der Waals surface area contributed by atoms with Gasteiger partial charge in [0, 0.05) is 32.1 Å². The lowest BCUT2D eigenvalue weighted by Gasteiger charge is -2.10. The molecule has 0 saturated heterocycles. The van der Waals surface area contributed by atoms with Crippen molar-refractivity contribution < 1.29 is 0 Å². The Kier molecular flexibility index (Phi) is 5.37. The monoisotopic (exact) mass is 407 g/mol. The number of benzene rings is 3. The first-order valence-corrected chi connectivity index (χ1v) is 9.28. The van der Waals surface area contributed by atoms with Crippen molar-refractivity contribution in [2.45, 2.75) is 0 Å². The maximum absolute atomic E-state index is 6.15. The van der Waals surface area contributed by atoms with Gasteiger partial charge in [-0.25, -0.2) is 0 Å². The van der Waals surface area contributed by atoms with E-state index in [9.17, 15) is 0 Å². The van der Waals surface area contributed by atoms with Crippen molar-refractivity contribution in [3.05, 3.63) is 88.4 Å². The second kappa shape index (κ2) is 8.25. The van der Waals surface area contributed by atoms with Gasteiger partial charge in [0.1, 0.15) is 0 Å². The molecule has 0 aliphatic rings. The standard InChI is InChI=1S/C21H15Cl2N5/c22-15-9-11-16(12-10-15)25-20-17-6-2-3-7-18(17)21(28-27-20)26-24-13-14-5-1-4-8-19(14)23/h1-13H,(H,25,27)(H,26,28)/b24-13-. The van der Waals surface area contributed by atoms with Gasteiger partial charge in [0.05, 0.1) is 6.21 Å².